The summed E-state index contributed by atoms with van der Waals surface area (Å²) in [7, 11) is 1.91. The molecule has 3 aromatic rings. The van der Waals surface area contributed by atoms with Crippen LogP contribution in [0.1, 0.15) is 19.2 Å². The molecule has 1 amide bonds. The first-order chi connectivity index (χ1) is 13.0. The van der Waals surface area contributed by atoms with Crippen molar-refractivity contribution in [3.05, 3.63) is 50.8 Å². The molecular formula is C19H22ClN4O2S+. The number of benzene rings is 1. The summed E-state index contributed by atoms with van der Waals surface area (Å²) >= 11 is 7.39. The average molecular weight is 406 g/mol. The molecule has 0 aliphatic heterocycles. The highest BCUT2D eigenvalue weighted by atomic mass is 35.5. The van der Waals surface area contributed by atoms with Gasteiger partial charge in [-0.15, -0.1) is 11.3 Å². The summed E-state index contributed by atoms with van der Waals surface area (Å²) in [6, 6.07) is 7.39. The fourth-order valence-electron chi connectivity index (χ4n) is 2.87. The summed E-state index contributed by atoms with van der Waals surface area (Å²) in [4.78, 5) is 33.6. The van der Waals surface area contributed by atoms with E-state index >= 15 is 0 Å². The number of thiophene rings is 1. The van der Waals surface area contributed by atoms with Gasteiger partial charge in [-0.05, 0) is 24.1 Å². The minimum atomic E-state index is -0.163. The van der Waals surface area contributed by atoms with Crippen molar-refractivity contribution in [1.29, 1.82) is 0 Å². The van der Waals surface area contributed by atoms with E-state index in [1.54, 1.807) is 12.1 Å². The summed E-state index contributed by atoms with van der Waals surface area (Å²) in [6.45, 7) is 3.50. The Morgan fingerprint density at radius 2 is 2.07 bits per heavy atom. The van der Waals surface area contributed by atoms with Crippen LogP contribution in [0.25, 0.3) is 21.3 Å². The van der Waals surface area contributed by atoms with Crippen LogP contribution in [-0.2, 0) is 11.3 Å². The molecule has 8 heteroatoms. The molecule has 0 saturated heterocycles. The van der Waals surface area contributed by atoms with E-state index in [2.05, 4.69) is 15.3 Å². The number of aromatic nitrogens is 2. The van der Waals surface area contributed by atoms with Gasteiger partial charge in [-0.2, -0.15) is 0 Å². The quantitative estimate of drug-likeness (QED) is 0.561. The Labute approximate surface area is 166 Å². The van der Waals surface area contributed by atoms with Crippen LogP contribution < -0.4 is 15.8 Å². The Morgan fingerprint density at radius 1 is 1.33 bits per heavy atom. The Hall–Kier alpha value is -2.22. The number of likely N-dealkylation sites (N-methyl/N-ethyl adjacent to an activating group) is 1. The number of aromatic amines is 1. The highest BCUT2D eigenvalue weighted by Crippen LogP contribution is 2.31. The Morgan fingerprint density at radius 3 is 2.78 bits per heavy atom. The minimum Gasteiger partial charge on any atom is -0.351 e. The molecule has 0 aliphatic rings. The van der Waals surface area contributed by atoms with Crippen LogP contribution >= 0.6 is 22.9 Å². The molecule has 0 radical (unpaired) electrons. The van der Waals surface area contributed by atoms with Gasteiger partial charge in [-0.3, -0.25) is 9.59 Å². The van der Waals surface area contributed by atoms with Crippen molar-refractivity contribution < 1.29 is 9.69 Å². The van der Waals surface area contributed by atoms with Crippen molar-refractivity contribution in [3.63, 3.8) is 0 Å². The molecule has 0 aliphatic carbocycles. The molecule has 27 heavy (non-hydrogen) atoms. The Balaban J connectivity index is 1.81. The normalized spacial score (nSPS) is 12.3. The molecule has 3 rings (SSSR count). The lowest BCUT2D eigenvalue weighted by molar-refractivity contribution is -0.886. The number of H-pyrrole nitrogens is 1. The highest BCUT2D eigenvalue weighted by Gasteiger charge is 2.16. The Kier molecular flexibility index (Phi) is 6.26. The molecule has 0 spiro atoms. The minimum absolute atomic E-state index is 0.000997. The molecule has 2 aromatic heterocycles. The first kappa shape index (κ1) is 19.5. The van der Waals surface area contributed by atoms with Gasteiger partial charge >= 0.3 is 0 Å². The van der Waals surface area contributed by atoms with Crippen molar-refractivity contribution in [3.8, 4) is 11.1 Å². The lowest BCUT2D eigenvalue weighted by atomic mass is 10.1. The summed E-state index contributed by atoms with van der Waals surface area (Å²) in [5.41, 5.74) is 1.62. The standard InChI is InChI=1S/C19H21ClN4O2S/c1-3-8-21-16(25)10-24(2)9-15-22-18(26)17-14(11-27-19(17)23-15)12-4-6-13(20)7-5-12/h4-7,11H,3,8-10H2,1-2H3,(H,21,25)(H,22,23,26)/p+1. The number of hydrogen-bond acceptors (Lipinski definition) is 4. The highest BCUT2D eigenvalue weighted by molar-refractivity contribution is 7.17. The summed E-state index contributed by atoms with van der Waals surface area (Å²) < 4.78 is 0. The molecule has 3 N–H and O–H groups in total. The molecule has 6 nitrogen and oxygen atoms in total. The zero-order valence-corrected chi connectivity index (χ0v) is 16.8. The molecule has 1 atom stereocenters. The third kappa shape index (κ3) is 4.74. The van der Waals surface area contributed by atoms with Gasteiger partial charge in [-0.1, -0.05) is 30.7 Å². The Bertz CT molecular complexity index is 997. The van der Waals surface area contributed by atoms with Crippen LogP contribution in [0.4, 0.5) is 0 Å². The van der Waals surface area contributed by atoms with Gasteiger partial charge in [-0.25, -0.2) is 4.98 Å². The third-order valence-electron chi connectivity index (χ3n) is 4.15. The fourth-order valence-corrected chi connectivity index (χ4v) is 3.96. The smallest absolute Gasteiger partial charge is 0.275 e. The van der Waals surface area contributed by atoms with Crippen LogP contribution in [-0.4, -0.2) is 36.0 Å². The number of hydrogen-bond donors (Lipinski definition) is 3. The number of fused-ring (bicyclic) bond motifs is 1. The van der Waals surface area contributed by atoms with Gasteiger partial charge in [0.25, 0.3) is 11.5 Å². The molecule has 0 saturated carbocycles. The van der Waals surface area contributed by atoms with Crippen molar-refractivity contribution in [2.45, 2.75) is 19.9 Å². The predicted octanol–water partition coefficient (Wildman–Crippen LogP) is 1.85. The second-order valence-corrected chi connectivity index (χ2v) is 7.80. The average Bonchev–Trinajstić information content (AvgIpc) is 3.05. The van der Waals surface area contributed by atoms with Crippen LogP contribution in [0.5, 0.6) is 0 Å². The maximum Gasteiger partial charge on any atom is 0.275 e. The van der Waals surface area contributed by atoms with E-state index in [0.29, 0.717) is 40.7 Å². The van der Waals surface area contributed by atoms with E-state index in [-0.39, 0.29) is 11.5 Å². The van der Waals surface area contributed by atoms with E-state index in [0.717, 1.165) is 22.4 Å². The molecule has 142 valence electrons. The number of rotatable bonds is 7. The van der Waals surface area contributed by atoms with Crippen LogP contribution in [0.3, 0.4) is 0 Å². The van der Waals surface area contributed by atoms with E-state index in [4.69, 9.17) is 11.6 Å². The number of nitrogens with zero attached hydrogens (tertiary/aromatic N) is 1. The number of quaternary nitrogens is 1. The van der Waals surface area contributed by atoms with Crippen molar-refractivity contribution >= 4 is 39.1 Å². The predicted molar refractivity (Wildman–Crippen MR) is 109 cm³/mol. The molecule has 0 bridgehead atoms. The van der Waals surface area contributed by atoms with Gasteiger partial charge in [0.15, 0.2) is 12.4 Å². The summed E-state index contributed by atoms with van der Waals surface area (Å²) in [5, 5.41) is 6.04. The number of nitrogens with one attached hydrogen (secondary N) is 3. The van der Waals surface area contributed by atoms with Gasteiger partial charge in [0.1, 0.15) is 11.4 Å². The zero-order chi connectivity index (χ0) is 19.4. The van der Waals surface area contributed by atoms with Gasteiger partial charge in [0.2, 0.25) is 0 Å². The van der Waals surface area contributed by atoms with Crippen molar-refractivity contribution in [1.82, 2.24) is 15.3 Å². The molecule has 2 heterocycles. The van der Waals surface area contributed by atoms with E-state index in [1.807, 2.05) is 31.5 Å². The number of carbonyl (C=O) groups excluding carboxylic acids is 1. The number of amides is 1. The lowest BCUT2D eigenvalue weighted by Crippen LogP contribution is -3.09. The first-order valence-electron chi connectivity index (χ1n) is 8.82. The number of carbonyl (C=O) groups is 1. The van der Waals surface area contributed by atoms with E-state index < -0.39 is 0 Å². The van der Waals surface area contributed by atoms with Gasteiger partial charge < -0.3 is 15.2 Å². The second kappa shape index (κ2) is 8.65. The third-order valence-corrected chi connectivity index (χ3v) is 5.28. The first-order valence-corrected chi connectivity index (χ1v) is 10.1. The summed E-state index contributed by atoms with van der Waals surface area (Å²) in [6.07, 6.45) is 0.907. The SMILES string of the molecule is CCCNC(=O)C[NH+](C)Cc1nc2scc(-c3ccc(Cl)cc3)c2c(=O)[nH]1. The fraction of sp³-hybridized carbons (Fsp3) is 0.316. The maximum absolute atomic E-state index is 12.7. The molecular weight excluding hydrogens is 384 g/mol. The van der Waals surface area contributed by atoms with Crippen molar-refractivity contribution in [2.75, 3.05) is 20.1 Å². The lowest BCUT2D eigenvalue weighted by Gasteiger charge is -2.13. The van der Waals surface area contributed by atoms with E-state index in [1.165, 1.54) is 11.3 Å². The van der Waals surface area contributed by atoms with Crippen LogP contribution in [0.15, 0.2) is 34.4 Å². The van der Waals surface area contributed by atoms with Gasteiger partial charge in [0, 0.05) is 22.5 Å². The number of halogens is 1. The molecule has 0 fully saturated rings. The van der Waals surface area contributed by atoms with Gasteiger partial charge in [0.05, 0.1) is 12.4 Å². The topological polar surface area (TPSA) is 79.3 Å². The van der Waals surface area contributed by atoms with Crippen LogP contribution in [0, 0.1) is 0 Å². The molecule has 1 aromatic carbocycles. The van der Waals surface area contributed by atoms with Crippen molar-refractivity contribution in [2.24, 2.45) is 0 Å². The molecule has 1 unspecified atom stereocenters. The zero-order valence-electron chi connectivity index (χ0n) is 15.3. The largest absolute Gasteiger partial charge is 0.351 e. The second-order valence-electron chi connectivity index (χ2n) is 6.51. The monoisotopic (exact) mass is 405 g/mol. The summed E-state index contributed by atoms with van der Waals surface area (Å²) in [5.74, 6) is 0.580. The van der Waals surface area contributed by atoms with E-state index in [9.17, 15) is 9.59 Å². The van der Waals surface area contributed by atoms with Crippen LogP contribution in [0.2, 0.25) is 5.02 Å². The maximum atomic E-state index is 12.7.